The van der Waals surface area contributed by atoms with E-state index in [0.717, 1.165) is 11.3 Å². The van der Waals surface area contributed by atoms with E-state index in [9.17, 15) is 4.79 Å². The monoisotopic (exact) mass is 410 g/mol. The zero-order valence-electron chi connectivity index (χ0n) is 15.3. The number of nitrogens with zero attached hydrogens (tertiary/aromatic N) is 4. The number of carbonyl (C=O) groups excluding carboxylic acids is 1. The number of carbonyl (C=O) groups is 1. The average Bonchev–Trinajstić information content (AvgIpc) is 3.40. The molecule has 0 aliphatic rings. The van der Waals surface area contributed by atoms with E-state index in [1.54, 1.807) is 35.1 Å². The molecule has 0 atom stereocenters. The highest BCUT2D eigenvalue weighted by atomic mass is 35.5. The molecule has 8 nitrogen and oxygen atoms in total. The van der Waals surface area contributed by atoms with Crippen LogP contribution in [0.25, 0.3) is 17.1 Å². The average molecular weight is 411 g/mol. The number of esters is 1. The second kappa shape index (κ2) is 8.15. The van der Waals surface area contributed by atoms with Crippen LogP contribution >= 0.6 is 11.6 Å². The Balaban J connectivity index is 1.46. The van der Waals surface area contributed by atoms with Crippen LogP contribution in [0.5, 0.6) is 5.75 Å². The van der Waals surface area contributed by atoms with E-state index in [1.807, 2.05) is 30.3 Å². The Hall–Kier alpha value is -3.65. The highest BCUT2D eigenvalue weighted by Crippen LogP contribution is 2.22. The van der Waals surface area contributed by atoms with Crippen LogP contribution in [0.4, 0.5) is 0 Å². The Morgan fingerprint density at radius 3 is 2.62 bits per heavy atom. The minimum absolute atomic E-state index is 0.0498. The Morgan fingerprint density at radius 1 is 1.14 bits per heavy atom. The quantitative estimate of drug-likeness (QED) is 0.444. The molecule has 0 saturated heterocycles. The smallest absolute Gasteiger partial charge is 0.363 e. The summed E-state index contributed by atoms with van der Waals surface area (Å²) in [5.41, 5.74) is 1.57. The van der Waals surface area contributed by atoms with Gasteiger partial charge in [0, 0.05) is 10.6 Å². The van der Waals surface area contributed by atoms with E-state index in [0.29, 0.717) is 16.6 Å². The molecule has 0 spiro atoms. The molecule has 2 aromatic heterocycles. The fourth-order valence-corrected chi connectivity index (χ4v) is 2.71. The lowest BCUT2D eigenvalue weighted by molar-refractivity contribution is 0.0419. The summed E-state index contributed by atoms with van der Waals surface area (Å²) in [6.07, 6.45) is 1.61. The van der Waals surface area contributed by atoms with Gasteiger partial charge in [-0.2, -0.15) is 10.1 Å². The van der Waals surface area contributed by atoms with Gasteiger partial charge in [0.25, 0.3) is 5.89 Å². The predicted molar refractivity (Wildman–Crippen MR) is 104 cm³/mol. The molecule has 2 heterocycles. The summed E-state index contributed by atoms with van der Waals surface area (Å²) in [6, 6.07) is 16.3. The minimum atomic E-state index is -0.664. The third-order valence-corrected chi connectivity index (χ3v) is 4.26. The normalized spacial score (nSPS) is 10.7. The van der Waals surface area contributed by atoms with Gasteiger partial charge in [0.1, 0.15) is 0 Å². The van der Waals surface area contributed by atoms with Crippen molar-refractivity contribution in [1.82, 2.24) is 19.9 Å². The molecule has 0 aliphatic heterocycles. The maximum absolute atomic E-state index is 12.5. The van der Waals surface area contributed by atoms with Crippen molar-refractivity contribution < 1.29 is 18.8 Å². The molecule has 146 valence electrons. The Morgan fingerprint density at radius 2 is 1.90 bits per heavy atom. The van der Waals surface area contributed by atoms with Crippen LogP contribution in [-0.4, -0.2) is 33.0 Å². The number of aromatic nitrogens is 4. The van der Waals surface area contributed by atoms with Crippen LogP contribution in [-0.2, 0) is 11.3 Å². The summed E-state index contributed by atoms with van der Waals surface area (Å²) in [5, 5.41) is 8.75. The second-order valence-electron chi connectivity index (χ2n) is 5.92. The number of methoxy groups -OCH3 is 1. The molecule has 0 radical (unpaired) electrons. The number of hydrogen-bond donors (Lipinski definition) is 0. The molecule has 29 heavy (non-hydrogen) atoms. The second-order valence-corrected chi connectivity index (χ2v) is 6.36. The highest BCUT2D eigenvalue weighted by Gasteiger charge is 2.21. The predicted octanol–water partition coefficient (Wildman–Crippen LogP) is 3.94. The van der Waals surface area contributed by atoms with Crippen molar-refractivity contribution in [1.29, 1.82) is 0 Å². The van der Waals surface area contributed by atoms with Gasteiger partial charge in [-0.05, 0) is 36.4 Å². The van der Waals surface area contributed by atoms with Crippen LogP contribution in [0.3, 0.4) is 0 Å². The fourth-order valence-electron chi connectivity index (χ4n) is 2.59. The summed E-state index contributed by atoms with van der Waals surface area (Å²) in [4.78, 5) is 16.7. The largest absolute Gasteiger partial charge is 0.493 e. The van der Waals surface area contributed by atoms with Gasteiger partial charge in [0.2, 0.25) is 11.5 Å². The van der Waals surface area contributed by atoms with Crippen LogP contribution in [0.1, 0.15) is 16.4 Å². The summed E-state index contributed by atoms with van der Waals surface area (Å²) in [5.74, 6) is 0.164. The van der Waals surface area contributed by atoms with Crippen LogP contribution < -0.4 is 4.74 Å². The van der Waals surface area contributed by atoms with Crippen molar-refractivity contribution in [2.75, 3.05) is 7.11 Å². The van der Waals surface area contributed by atoms with Gasteiger partial charge >= 0.3 is 5.97 Å². The zero-order valence-corrected chi connectivity index (χ0v) is 16.0. The molecule has 2 aromatic carbocycles. The summed E-state index contributed by atoms with van der Waals surface area (Å²) < 4.78 is 17.2. The highest BCUT2D eigenvalue weighted by molar-refractivity contribution is 6.30. The SMILES string of the molecule is COc1cn(-c2ccccc2)nc1C(=O)OCc1nc(-c2ccc(Cl)cc2)no1. The molecule has 0 fully saturated rings. The van der Waals surface area contributed by atoms with E-state index in [2.05, 4.69) is 15.2 Å². The maximum Gasteiger partial charge on any atom is 0.363 e. The van der Waals surface area contributed by atoms with E-state index in [-0.39, 0.29) is 18.2 Å². The third kappa shape index (κ3) is 4.12. The van der Waals surface area contributed by atoms with Gasteiger partial charge < -0.3 is 14.0 Å². The molecule has 4 rings (SSSR count). The molecule has 0 N–H and O–H groups in total. The minimum Gasteiger partial charge on any atom is -0.493 e. The first-order valence-electron chi connectivity index (χ1n) is 8.59. The first kappa shape index (κ1) is 18.7. The zero-order chi connectivity index (χ0) is 20.2. The van der Waals surface area contributed by atoms with Crippen LogP contribution in [0.2, 0.25) is 5.02 Å². The number of ether oxygens (including phenoxy) is 2. The molecule has 4 aromatic rings. The molecule has 0 bridgehead atoms. The first-order chi connectivity index (χ1) is 14.1. The van der Waals surface area contributed by atoms with Crippen molar-refractivity contribution in [2.24, 2.45) is 0 Å². The Bertz CT molecular complexity index is 1120. The third-order valence-electron chi connectivity index (χ3n) is 4.01. The number of halogens is 1. The van der Waals surface area contributed by atoms with E-state index < -0.39 is 5.97 Å². The molecular formula is C20H15ClN4O4. The number of hydrogen-bond acceptors (Lipinski definition) is 7. The van der Waals surface area contributed by atoms with E-state index in [4.69, 9.17) is 25.6 Å². The number of para-hydroxylation sites is 1. The maximum atomic E-state index is 12.5. The van der Waals surface area contributed by atoms with Crippen molar-refractivity contribution in [3.8, 4) is 22.8 Å². The first-order valence-corrected chi connectivity index (χ1v) is 8.96. The summed E-state index contributed by atoms with van der Waals surface area (Å²) >= 11 is 5.87. The van der Waals surface area contributed by atoms with Crippen LogP contribution in [0.15, 0.2) is 65.3 Å². The van der Waals surface area contributed by atoms with Crippen molar-refractivity contribution in [3.63, 3.8) is 0 Å². The molecule has 0 saturated carbocycles. The topological polar surface area (TPSA) is 92.3 Å². The fraction of sp³-hybridized carbons (Fsp3) is 0.100. The van der Waals surface area contributed by atoms with Crippen molar-refractivity contribution in [3.05, 3.63) is 77.4 Å². The summed E-state index contributed by atoms with van der Waals surface area (Å²) in [6.45, 7) is -0.194. The molecular weight excluding hydrogens is 396 g/mol. The van der Waals surface area contributed by atoms with Crippen molar-refractivity contribution >= 4 is 17.6 Å². The molecule has 0 aliphatic carbocycles. The Labute approximate surface area is 170 Å². The van der Waals surface area contributed by atoms with Gasteiger partial charge in [-0.1, -0.05) is 35.0 Å². The lowest BCUT2D eigenvalue weighted by Gasteiger charge is -2.01. The lowest BCUT2D eigenvalue weighted by atomic mass is 10.2. The molecule has 9 heteroatoms. The lowest BCUT2D eigenvalue weighted by Crippen LogP contribution is -2.08. The standard InChI is InChI=1S/C20H15ClN4O4/c1-27-16-11-25(15-5-3-2-4-6-15)23-18(16)20(26)28-12-17-22-19(24-29-17)13-7-9-14(21)10-8-13/h2-11H,12H2,1H3. The van der Waals surface area contributed by atoms with E-state index in [1.165, 1.54) is 7.11 Å². The van der Waals surface area contributed by atoms with Crippen molar-refractivity contribution in [2.45, 2.75) is 6.61 Å². The van der Waals surface area contributed by atoms with Gasteiger partial charge in [0.05, 0.1) is 19.0 Å². The van der Waals surface area contributed by atoms with Crippen LogP contribution in [0, 0.1) is 0 Å². The van der Waals surface area contributed by atoms with Gasteiger partial charge in [-0.3, -0.25) is 0 Å². The Kier molecular flexibility index (Phi) is 5.26. The summed E-state index contributed by atoms with van der Waals surface area (Å²) in [7, 11) is 1.46. The molecule has 0 amide bonds. The van der Waals surface area contributed by atoms with Gasteiger partial charge in [-0.25, -0.2) is 9.48 Å². The number of rotatable bonds is 6. The number of benzene rings is 2. The van der Waals surface area contributed by atoms with Gasteiger partial charge in [-0.15, -0.1) is 0 Å². The van der Waals surface area contributed by atoms with Gasteiger partial charge in [0.15, 0.2) is 12.4 Å². The van der Waals surface area contributed by atoms with E-state index >= 15 is 0 Å². The molecule has 0 unspecified atom stereocenters.